The van der Waals surface area contributed by atoms with Gasteiger partial charge in [-0.2, -0.15) is 0 Å². The number of carboxylic acids is 1. The Morgan fingerprint density at radius 2 is 1.47 bits per heavy atom. The van der Waals surface area contributed by atoms with Crippen molar-refractivity contribution >= 4 is 29.6 Å². The van der Waals surface area contributed by atoms with Gasteiger partial charge in [-0.3, -0.25) is 19.2 Å². The van der Waals surface area contributed by atoms with Crippen LogP contribution in [0.15, 0.2) is 30.3 Å². The van der Waals surface area contributed by atoms with Crippen LogP contribution in [0.3, 0.4) is 0 Å². The first-order valence-corrected chi connectivity index (χ1v) is 12.1. The van der Waals surface area contributed by atoms with Gasteiger partial charge in [0.2, 0.25) is 23.6 Å². The van der Waals surface area contributed by atoms with Gasteiger partial charge in [-0.05, 0) is 23.8 Å². The van der Waals surface area contributed by atoms with E-state index < -0.39 is 53.8 Å². The predicted molar refractivity (Wildman–Crippen MR) is 134 cm³/mol. The number of hydrogen-bond acceptors (Lipinski definition) is 6. The Hall–Kier alpha value is -3.47. The highest BCUT2D eigenvalue weighted by atomic mass is 16.4. The van der Waals surface area contributed by atoms with E-state index >= 15 is 0 Å². The number of nitrogens with two attached hydrogens (primary N) is 2. The van der Waals surface area contributed by atoms with E-state index in [0.717, 1.165) is 5.56 Å². The van der Waals surface area contributed by atoms with Gasteiger partial charge in [0.25, 0.3) is 0 Å². The molecule has 0 aromatic heterocycles. The second-order valence-corrected chi connectivity index (χ2v) is 9.43. The number of amides is 4. The van der Waals surface area contributed by atoms with E-state index in [1.807, 2.05) is 20.8 Å². The van der Waals surface area contributed by atoms with Crippen molar-refractivity contribution in [2.45, 2.75) is 77.5 Å². The van der Waals surface area contributed by atoms with Crippen molar-refractivity contribution in [3.63, 3.8) is 0 Å². The van der Waals surface area contributed by atoms with Crippen molar-refractivity contribution in [2.75, 3.05) is 0 Å². The fourth-order valence-electron chi connectivity index (χ4n) is 3.56. The Morgan fingerprint density at radius 3 is 1.97 bits per heavy atom. The normalized spacial score (nSPS) is 15.2. The van der Waals surface area contributed by atoms with Gasteiger partial charge >= 0.3 is 5.97 Å². The van der Waals surface area contributed by atoms with Crippen molar-refractivity contribution in [1.82, 2.24) is 16.0 Å². The number of carboxylic acid groups (broad SMARTS) is 1. The summed E-state index contributed by atoms with van der Waals surface area (Å²) in [6.45, 7) is 7.31. The fourth-order valence-corrected chi connectivity index (χ4v) is 3.56. The molecule has 1 aromatic rings. The molecule has 8 N–H and O–H groups in total. The molecule has 0 bridgehead atoms. The topological polar surface area (TPSA) is 194 Å². The molecule has 36 heavy (non-hydrogen) atoms. The van der Waals surface area contributed by atoms with Crippen LogP contribution >= 0.6 is 0 Å². The summed E-state index contributed by atoms with van der Waals surface area (Å²) in [7, 11) is 0. The lowest BCUT2D eigenvalue weighted by Crippen LogP contribution is -2.59. The number of rotatable bonds is 15. The summed E-state index contributed by atoms with van der Waals surface area (Å²) >= 11 is 0. The zero-order valence-corrected chi connectivity index (χ0v) is 21.3. The average Bonchev–Trinajstić information content (AvgIpc) is 2.80. The van der Waals surface area contributed by atoms with Crippen LogP contribution in [-0.2, 0) is 30.4 Å². The third kappa shape index (κ3) is 10.4. The lowest BCUT2D eigenvalue weighted by Gasteiger charge is -2.28. The molecule has 0 heterocycles. The van der Waals surface area contributed by atoms with Crippen LogP contribution in [0.2, 0.25) is 0 Å². The molecule has 5 atom stereocenters. The molecule has 200 valence electrons. The van der Waals surface area contributed by atoms with E-state index in [1.165, 1.54) is 0 Å². The molecule has 1 aromatic carbocycles. The van der Waals surface area contributed by atoms with Gasteiger partial charge in [0.05, 0.1) is 12.5 Å². The van der Waals surface area contributed by atoms with E-state index in [9.17, 15) is 29.1 Å². The molecule has 0 aliphatic carbocycles. The highest BCUT2D eigenvalue weighted by Crippen LogP contribution is 2.12. The van der Waals surface area contributed by atoms with Crippen molar-refractivity contribution in [3.05, 3.63) is 35.9 Å². The maximum absolute atomic E-state index is 13.2. The molecule has 11 nitrogen and oxygen atoms in total. The fraction of sp³-hybridized carbons (Fsp3) is 0.560. The quantitative estimate of drug-likeness (QED) is 0.194. The highest BCUT2D eigenvalue weighted by molar-refractivity contribution is 5.95. The first kappa shape index (κ1) is 30.6. The Balaban J connectivity index is 3.03. The Bertz CT molecular complexity index is 907. The summed E-state index contributed by atoms with van der Waals surface area (Å²) in [5, 5.41) is 17.4. The number of nitrogens with one attached hydrogen (secondary N) is 3. The second kappa shape index (κ2) is 14.8. The van der Waals surface area contributed by atoms with Crippen LogP contribution in [-0.4, -0.2) is 58.9 Å². The Labute approximate surface area is 211 Å². The summed E-state index contributed by atoms with van der Waals surface area (Å²) < 4.78 is 0. The molecular weight excluding hydrogens is 466 g/mol. The zero-order valence-electron chi connectivity index (χ0n) is 21.3. The molecule has 0 aliphatic heterocycles. The second-order valence-electron chi connectivity index (χ2n) is 9.43. The van der Waals surface area contributed by atoms with Crippen molar-refractivity contribution in [3.8, 4) is 0 Å². The van der Waals surface area contributed by atoms with Gasteiger partial charge in [0.1, 0.15) is 18.1 Å². The van der Waals surface area contributed by atoms with Crippen LogP contribution in [0.1, 0.15) is 52.5 Å². The number of aliphatic carboxylic acids is 1. The van der Waals surface area contributed by atoms with Crippen molar-refractivity contribution in [1.29, 1.82) is 0 Å². The minimum absolute atomic E-state index is 0.000852. The van der Waals surface area contributed by atoms with Gasteiger partial charge in [0.15, 0.2) is 0 Å². The average molecular weight is 506 g/mol. The number of hydrogen-bond donors (Lipinski definition) is 6. The minimum atomic E-state index is -1.22. The summed E-state index contributed by atoms with van der Waals surface area (Å²) in [5.74, 6) is -4.23. The summed E-state index contributed by atoms with van der Waals surface area (Å²) in [6, 6.07) is 4.41. The molecule has 0 aliphatic rings. The summed E-state index contributed by atoms with van der Waals surface area (Å²) in [4.78, 5) is 61.6. The van der Waals surface area contributed by atoms with E-state index in [4.69, 9.17) is 11.5 Å². The standard InChI is InChI=1S/C25H39N5O6/c1-5-15(4)21(30-22(32)17(26)13-20(27)31)24(34)28-18(11-14(2)3)23(33)29-19(25(35)36)12-16-9-7-6-8-10-16/h6-10,14-15,17-19,21H,5,11-13,26H2,1-4H3,(H2,27,31)(H,28,34)(H,29,33)(H,30,32)(H,35,36). The van der Waals surface area contributed by atoms with Gasteiger partial charge in [-0.1, -0.05) is 64.4 Å². The van der Waals surface area contributed by atoms with E-state index in [0.29, 0.717) is 6.42 Å². The van der Waals surface area contributed by atoms with Gasteiger partial charge in [-0.25, -0.2) is 4.79 Å². The maximum atomic E-state index is 13.2. The number of primary amides is 1. The van der Waals surface area contributed by atoms with E-state index in [1.54, 1.807) is 37.3 Å². The molecular formula is C25H39N5O6. The van der Waals surface area contributed by atoms with E-state index in [2.05, 4.69) is 16.0 Å². The minimum Gasteiger partial charge on any atom is -0.480 e. The van der Waals surface area contributed by atoms with Crippen molar-refractivity contribution in [2.24, 2.45) is 23.3 Å². The third-order valence-corrected chi connectivity index (χ3v) is 5.79. The third-order valence-electron chi connectivity index (χ3n) is 5.79. The zero-order chi connectivity index (χ0) is 27.4. The number of carbonyl (C=O) groups is 5. The molecule has 5 unspecified atom stereocenters. The molecule has 0 saturated heterocycles. The monoisotopic (exact) mass is 505 g/mol. The summed E-state index contributed by atoms with van der Waals surface area (Å²) in [6.07, 6.45) is 0.477. The molecule has 0 spiro atoms. The molecule has 4 amide bonds. The first-order chi connectivity index (χ1) is 16.8. The van der Waals surface area contributed by atoms with Crippen LogP contribution in [0.25, 0.3) is 0 Å². The summed E-state index contributed by atoms with van der Waals surface area (Å²) in [5.41, 5.74) is 11.5. The SMILES string of the molecule is CCC(C)C(NC(=O)C(N)CC(N)=O)C(=O)NC(CC(C)C)C(=O)NC(Cc1ccccc1)C(=O)O. The number of benzene rings is 1. The number of carbonyl (C=O) groups excluding carboxylic acids is 4. The van der Waals surface area contributed by atoms with Gasteiger partial charge in [-0.15, -0.1) is 0 Å². The first-order valence-electron chi connectivity index (χ1n) is 12.1. The maximum Gasteiger partial charge on any atom is 0.326 e. The molecule has 0 saturated carbocycles. The van der Waals surface area contributed by atoms with Crippen LogP contribution in [0, 0.1) is 11.8 Å². The van der Waals surface area contributed by atoms with Gasteiger partial charge in [0, 0.05) is 6.42 Å². The van der Waals surface area contributed by atoms with E-state index in [-0.39, 0.29) is 31.1 Å². The van der Waals surface area contributed by atoms with Gasteiger partial charge < -0.3 is 32.5 Å². The molecule has 0 fully saturated rings. The van der Waals surface area contributed by atoms with Crippen LogP contribution in [0.5, 0.6) is 0 Å². The molecule has 1 rings (SSSR count). The van der Waals surface area contributed by atoms with Crippen molar-refractivity contribution < 1.29 is 29.1 Å². The molecule has 11 heteroatoms. The lowest BCUT2D eigenvalue weighted by atomic mass is 9.96. The predicted octanol–water partition coefficient (Wildman–Crippen LogP) is 0.0630. The van der Waals surface area contributed by atoms with Crippen LogP contribution in [0.4, 0.5) is 0 Å². The van der Waals surface area contributed by atoms with Crippen LogP contribution < -0.4 is 27.4 Å². The lowest BCUT2D eigenvalue weighted by molar-refractivity contribution is -0.142. The Kier molecular flexibility index (Phi) is 12.6. The highest BCUT2D eigenvalue weighted by Gasteiger charge is 2.33. The molecule has 0 radical (unpaired) electrons. The smallest absolute Gasteiger partial charge is 0.326 e. The largest absolute Gasteiger partial charge is 0.480 e. The Morgan fingerprint density at radius 1 is 0.889 bits per heavy atom.